The molecule has 1 saturated heterocycles. The van der Waals surface area contributed by atoms with Crippen LogP contribution in [0.3, 0.4) is 0 Å². The molecule has 27 heavy (non-hydrogen) atoms. The van der Waals surface area contributed by atoms with Crippen molar-refractivity contribution >= 4 is 38.9 Å². The third-order valence-electron chi connectivity index (χ3n) is 4.89. The predicted molar refractivity (Wildman–Crippen MR) is 110 cm³/mol. The summed E-state index contributed by atoms with van der Waals surface area (Å²) in [6.07, 6.45) is 0. The molecular weight excluding hydrogens is 407 g/mol. The van der Waals surface area contributed by atoms with Crippen molar-refractivity contribution in [2.45, 2.75) is 18.7 Å². The van der Waals surface area contributed by atoms with Gasteiger partial charge < -0.3 is 9.64 Å². The lowest BCUT2D eigenvalue weighted by Crippen LogP contribution is -2.48. The monoisotopic (exact) mass is 428 g/mol. The Morgan fingerprint density at radius 2 is 1.59 bits per heavy atom. The fraction of sp³-hybridized carbons (Fsp3) is 0.368. The molecule has 0 saturated carbocycles. The molecule has 1 aliphatic rings. The second-order valence-electron chi connectivity index (χ2n) is 6.57. The molecule has 0 amide bonds. The van der Waals surface area contributed by atoms with Crippen molar-refractivity contribution in [3.63, 3.8) is 0 Å². The minimum Gasteiger partial charge on any atom is -0.495 e. The van der Waals surface area contributed by atoms with Crippen LogP contribution < -0.4 is 9.64 Å². The fourth-order valence-corrected chi connectivity index (χ4v) is 5.21. The molecule has 1 fully saturated rings. The van der Waals surface area contributed by atoms with E-state index in [0.29, 0.717) is 42.0 Å². The molecule has 2 aromatic rings. The number of benzene rings is 2. The first-order valence-electron chi connectivity index (χ1n) is 8.59. The SMILES string of the molecule is COc1cc(C)c(C)cc1S(=O)(=O)N1CCN(c2cc(Cl)ccc2Cl)CC1. The van der Waals surface area contributed by atoms with Gasteiger partial charge in [-0.3, -0.25) is 0 Å². The number of piperazine rings is 1. The van der Waals surface area contributed by atoms with E-state index in [1.54, 1.807) is 30.3 Å². The van der Waals surface area contributed by atoms with Gasteiger partial charge in [0.2, 0.25) is 10.0 Å². The Bertz CT molecular complexity index is 956. The van der Waals surface area contributed by atoms with Crippen molar-refractivity contribution in [3.8, 4) is 5.75 Å². The Hall–Kier alpha value is -1.47. The number of sulfonamides is 1. The number of hydrogen-bond donors (Lipinski definition) is 0. The summed E-state index contributed by atoms with van der Waals surface area (Å²) in [4.78, 5) is 2.26. The fourth-order valence-electron chi connectivity index (χ4n) is 3.16. The van der Waals surface area contributed by atoms with Crippen molar-refractivity contribution in [2.75, 3.05) is 38.2 Å². The van der Waals surface area contributed by atoms with E-state index in [0.717, 1.165) is 16.8 Å². The van der Waals surface area contributed by atoms with Gasteiger partial charge in [0.1, 0.15) is 10.6 Å². The van der Waals surface area contributed by atoms with Gasteiger partial charge in [0.05, 0.1) is 17.8 Å². The summed E-state index contributed by atoms with van der Waals surface area (Å²) in [7, 11) is -2.16. The quantitative estimate of drug-likeness (QED) is 0.734. The molecule has 0 bridgehead atoms. The third-order valence-corrected chi connectivity index (χ3v) is 7.36. The Balaban J connectivity index is 1.83. The second-order valence-corrected chi connectivity index (χ2v) is 9.32. The van der Waals surface area contributed by atoms with E-state index in [1.165, 1.54) is 11.4 Å². The van der Waals surface area contributed by atoms with Gasteiger partial charge in [-0.2, -0.15) is 4.31 Å². The largest absolute Gasteiger partial charge is 0.495 e. The summed E-state index contributed by atoms with van der Waals surface area (Å²) in [5.74, 6) is 0.374. The van der Waals surface area contributed by atoms with E-state index < -0.39 is 10.0 Å². The van der Waals surface area contributed by atoms with Gasteiger partial charge in [0.25, 0.3) is 0 Å². The van der Waals surface area contributed by atoms with Gasteiger partial charge in [-0.15, -0.1) is 0 Å². The predicted octanol–water partition coefficient (Wildman–Crippen LogP) is 4.13. The highest BCUT2D eigenvalue weighted by Gasteiger charge is 2.31. The Morgan fingerprint density at radius 1 is 0.963 bits per heavy atom. The maximum absolute atomic E-state index is 13.2. The van der Waals surface area contributed by atoms with E-state index in [9.17, 15) is 8.42 Å². The summed E-state index contributed by atoms with van der Waals surface area (Å²) in [6.45, 7) is 5.62. The smallest absolute Gasteiger partial charge is 0.246 e. The van der Waals surface area contributed by atoms with Crippen LogP contribution in [-0.2, 0) is 10.0 Å². The van der Waals surface area contributed by atoms with E-state index in [-0.39, 0.29) is 4.90 Å². The lowest BCUT2D eigenvalue weighted by molar-refractivity contribution is 0.374. The van der Waals surface area contributed by atoms with E-state index in [1.807, 2.05) is 13.8 Å². The minimum atomic E-state index is -3.65. The van der Waals surface area contributed by atoms with Crippen LogP contribution in [0.1, 0.15) is 11.1 Å². The number of nitrogens with zero attached hydrogens (tertiary/aromatic N) is 2. The maximum atomic E-state index is 13.2. The van der Waals surface area contributed by atoms with Gasteiger partial charge in [-0.1, -0.05) is 23.2 Å². The van der Waals surface area contributed by atoms with Gasteiger partial charge in [0.15, 0.2) is 0 Å². The van der Waals surface area contributed by atoms with Crippen LogP contribution in [0.15, 0.2) is 35.2 Å². The zero-order valence-electron chi connectivity index (χ0n) is 15.5. The summed E-state index contributed by atoms with van der Waals surface area (Å²) in [6, 6.07) is 8.75. The molecule has 0 radical (unpaired) electrons. The number of aryl methyl sites for hydroxylation is 2. The van der Waals surface area contributed by atoms with Crippen LogP contribution in [0.4, 0.5) is 5.69 Å². The summed E-state index contributed by atoms with van der Waals surface area (Å²) >= 11 is 12.3. The molecule has 146 valence electrons. The molecule has 8 heteroatoms. The lowest BCUT2D eigenvalue weighted by atomic mass is 10.1. The van der Waals surface area contributed by atoms with Crippen LogP contribution in [0.25, 0.3) is 0 Å². The van der Waals surface area contributed by atoms with Crippen LogP contribution in [0.2, 0.25) is 10.0 Å². The van der Waals surface area contributed by atoms with Crippen LogP contribution in [0, 0.1) is 13.8 Å². The van der Waals surface area contributed by atoms with Gasteiger partial charge in [-0.05, 0) is 55.3 Å². The molecule has 5 nitrogen and oxygen atoms in total. The Kier molecular flexibility index (Phi) is 5.91. The standard InChI is InChI=1S/C19H22Cl2N2O3S/c1-13-10-18(26-3)19(11-14(13)2)27(24,25)23-8-6-22(7-9-23)17-12-15(20)4-5-16(17)21/h4-5,10-12H,6-9H2,1-3H3. The number of anilines is 1. The van der Waals surface area contributed by atoms with Crippen molar-refractivity contribution in [1.82, 2.24) is 4.31 Å². The maximum Gasteiger partial charge on any atom is 0.246 e. The van der Waals surface area contributed by atoms with Crippen molar-refractivity contribution in [3.05, 3.63) is 51.5 Å². The molecule has 0 aliphatic carbocycles. The lowest BCUT2D eigenvalue weighted by Gasteiger charge is -2.36. The molecule has 0 aromatic heterocycles. The highest BCUT2D eigenvalue weighted by Crippen LogP contribution is 2.33. The minimum absolute atomic E-state index is 0.210. The molecule has 1 heterocycles. The van der Waals surface area contributed by atoms with Gasteiger partial charge >= 0.3 is 0 Å². The van der Waals surface area contributed by atoms with Gasteiger partial charge in [0, 0.05) is 31.2 Å². The first-order valence-corrected chi connectivity index (χ1v) is 10.8. The van der Waals surface area contributed by atoms with Crippen LogP contribution in [-0.4, -0.2) is 46.0 Å². The Morgan fingerprint density at radius 3 is 2.22 bits per heavy atom. The number of methoxy groups -OCH3 is 1. The number of halogens is 2. The zero-order chi connectivity index (χ0) is 19.8. The van der Waals surface area contributed by atoms with E-state index >= 15 is 0 Å². The third kappa shape index (κ3) is 4.04. The normalized spacial score (nSPS) is 15.8. The highest BCUT2D eigenvalue weighted by atomic mass is 35.5. The molecule has 0 N–H and O–H groups in total. The molecular formula is C19H22Cl2N2O3S. The first-order chi connectivity index (χ1) is 12.7. The van der Waals surface area contributed by atoms with Crippen molar-refractivity contribution < 1.29 is 13.2 Å². The number of rotatable bonds is 4. The van der Waals surface area contributed by atoms with Crippen LogP contribution >= 0.6 is 23.2 Å². The molecule has 3 rings (SSSR count). The molecule has 0 spiro atoms. The van der Waals surface area contributed by atoms with Crippen molar-refractivity contribution in [2.24, 2.45) is 0 Å². The first kappa shape index (κ1) is 20.3. The number of hydrogen-bond acceptors (Lipinski definition) is 4. The molecule has 0 unspecified atom stereocenters. The molecule has 2 aromatic carbocycles. The second kappa shape index (κ2) is 7.87. The summed E-state index contributed by atoms with van der Waals surface area (Å²) in [5, 5.41) is 1.20. The summed E-state index contributed by atoms with van der Waals surface area (Å²) < 4.78 is 33.2. The number of ether oxygens (including phenoxy) is 1. The molecule has 1 aliphatic heterocycles. The topological polar surface area (TPSA) is 49.9 Å². The Labute approximate surface area is 170 Å². The van der Waals surface area contributed by atoms with Crippen LogP contribution in [0.5, 0.6) is 5.75 Å². The van der Waals surface area contributed by atoms with Gasteiger partial charge in [-0.25, -0.2) is 8.42 Å². The summed E-state index contributed by atoms with van der Waals surface area (Å²) in [5.41, 5.74) is 2.73. The van der Waals surface area contributed by atoms with E-state index in [2.05, 4.69) is 4.90 Å². The highest BCUT2D eigenvalue weighted by molar-refractivity contribution is 7.89. The average molecular weight is 429 g/mol. The van der Waals surface area contributed by atoms with E-state index in [4.69, 9.17) is 27.9 Å². The molecule has 0 atom stereocenters. The zero-order valence-corrected chi connectivity index (χ0v) is 17.8. The average Bonchev–Trinajstić information content (AvgIpc) is 2.65. The van der Waals surface area contributed by atoms with Crippen molar-refractivity contribution in [1.29, 1.82) is 0 Å².